The molecule has 2 heterocycles. The van der Waals surface area contributed by atoms with Gasteiger partial charge >= 0.3 is 0 Å². The Bertz CT molecular complexity index is 950. The molecular weight excluding hydrogens is 368 g/mol. The van der Waals surface area contributed by atoms with E-state index >= 15 is 0 Å². The molecule has 140 valence electrons. The number of benzene rings is 1. The zero-order chi connectivity index (χ0) is 19.2. The van der Waals surface area contributed by atoms with Crippen LogP contribution >= 0.6 is 11.8 Å². The first-order chi connectivity index (χ1) is 13.1. The van der Waals surface area contributed by atoms with Crippen LogP contribution in [0.15, 0.2) is 50.7 Å². The third-order valence-corrected chi connectivity index (χ3v) is 4.39. The van der Waals surface area contributed by atoms with Crippen molar-refractivity contribution < 1.29 is 18.4 Å². The number of rotatable bonds is 7. The summed E-state index contributed by atoms with van der Waals surface area (Å²) >= 11 is 1.13. The second kappa shape index (κ2) is 8.54. The van der Waals surface area contributed by atoms with Crippen LogP contribution in [0, 0.1) is 6.92 Å². The summed E-state index contributed by atoms with van der Waals surface area (Å²) in [5.41, 5.74) is 1.75. The van der Waals surface area contributed by atoms with E-state index in [1.54, 1.807) is 43.5 Å². The Kier molecular flexibility index (Phi) is 5.92. The van der Waals surface area contributed by atoms with Crippen LogP contribution in [0.3, 0.4) is 0 Å². The average Bonchev–Trinajstić information content (AvgIpc) is 3.29. The lowest BCUT2D eigenvalue weighted by molar-refractivity contribution is -0.113. The average molecular weight is 386 g/mol. The van der Waals surface area contributed by atoms with E-state index in [1.807, 2.05) is 6.92 Å². The third-order valence-electron chi connectivity index (χ3n) is 3.57. The fourth-order valence-corrected chi connectivity index (χ4v) is 2.87. The van der Waals surface area contributed by atoms with Crippen molar-refractivity contribution in [1.82, 2.24) is 15.5 Å². The molecule has 2 N–H and O–H groups in total. The van der Waals surface area contributed by atoms with E-state index in [0.29, 0.717) is 29.4 Å². The molecule has 2 aromatic heterocycles. The van der Waals surface area contributed by atoms with Crippen molar-refractivity contribution in [1.29, 1.82) is 0 Å². The van der Waals surface area contributed by atoms with E-state index in [1.165, 1.54) is 0 Å². The van der Waals surface area contributed by atoms with Crippen molar-refractivity contribution in [2.24, 2.45) is 0 Å². The lowest BCUT2D eigenvalue weighted by Gasteiger charge is -2.07. The number of nitrogens with one attached hydrogen (secondary N) is 2. The maximum Gasteiger partial charge on any atom is 0.277 e. The first kappa shape index (κ1) is 18.7. The number of anilines is 1. The molecule has 0 aliphatic rings. The lowest BCUT2D eigenvalue weighted by Crippen LogP contribution is -2.23. The minimum Gasteiger partial charge on any atom is -0.469 e. The fraction of sp³-hybridized carbons (Fsp3) is 0.222. The molecule has 3 rings (SSSR count). The van der Waals surface area contributed by atoms with Gasteiger partial charge < -0.3 is 19.5 Å². The number of aromatic nitrogens is 2. The van der Waals surface area contributed by atoms with Crippen LogP contribution in [-0.2, 0) is 4.79 Å². The van der Waals surface area contributed by atoms with Gasteiger partial charge in [0.15, 0.2) is 0 Å². The highest BCUT2D eigenvalue weighted by molar-refractivity contribution is 7.99. The van der Waals surface area contributed by atoms with E-state index in [9.17, 15) is 9.59 Å². The molecule has 9 heteroatoms. The van der Waals surface area contributed by atoms with E-state index in [0.717, 1.165) is 17.3 Å². The molecule has 3 aromatic rings. The van der Waals surface area contributed by atoms with Gasteiger partial charge in [0.25, 0.3) is 17.0 Å². The standard InChI is InChI=1S/C18H18N4O4S/c1-3-19-16(24)12-5-4-6-13(9-12)20-15(23)10-27-18-22-21-17(26-18)14-7-8-25-11(14)2/h4-9H,3,10H2,1-2H3,(H,19,24)(H,20,23). The zero-order valence-corrected chi connectivity index (χ0v) is 15.6. The van der Waals surface area contributed by atoms with Crippen LogP contribution in [0.25, 0.3) is 11.5 Å². The quantitative estimate of drug-likeness (QED) is 0.600. The normalized spacial score (nSPS) is 10.6. The molecule has 8 nitrogen and oxygen atoms in total. The number of nitrogens with zero attached hydrogens (tertiary/aromatic N) is 2. The van der Waals surface area contributed by atoms with Crippen molar-refractivity contribution in [2.75, 3.05) is 17.6 Å². The molecule has 0 aliphatic carbocycles. The number of hydrogen-bond donors (Lipinski definition) is 2. The SMILES string of the molecule is CCNC(=O)c1cccc(NC(=O)CSc2nnc(-c3ccoc3C)o2)c1. The Balaban J connectivity index is 1.56. The molecule has 0 saturated heterocycles. The Labute approximate surface area is 159 Å². The molecule has 0 radical (unpaired) electrons. The van der Waals surface area contributed by atoms with Gasteiger partial charge in [-0.25, -0.2) is 0 Å². The van der Waals surface area contributed by atoms with Gasteiger partial charge in [-0.15, -0.1) is 10.2 Å². The second-order valence-corrected chi connectivity index (χ2v) is 6.47. The predicted molar refractivity (Wildman–Crippen MR) is 101 cm³/mol. The second-order valence-electron chi connectivity index (χ2n) is 5.54. The maximum atomic E-state index is 12.1. The largest absolute Gasteiger partial charge is 0.469 e. The van der Waals surface area contributed by atoms with Crippen molar-refractivity contribution in [3.8, 4) is 11.5 Å². The highest BCUT2D eigenvalue weighted by Crippen LogP contribution is 2.26. The van der Waals surface area contributed by atoms with Gasteiger partial charge in [0.1, 0.15) is 5.76 Å². The number of carbonyl (C=O) groups is 2. The van der Waals surface area contributed by atoms with Gasteiger partial charge in [0, 0.05) is 17.8 Å². The maximum absolute atomic E-state index is 12.1. The van der Waals surface area contributed by atoms with Crippen molar-refractivity contribution in [3.05, 3.63) is 47.9 Å². The summed E-state index contributed by atoms with van der Waals surface area (Å²) in [6, 6.07) is 8.49. The summed E-state index contributed by atoms with van der Waals surface area (Å²) < 4.78 is 10.7. The Morgan fingerprint density at radius 3 is 2.81 bits per heavy atom. The number of aryl methyl sites for hydroxylation is 1. The molecule has 0 spiro atoms. The van der Waals surface area contributed by atoms with E-state index in [4.69, 9.17) is 8.83 Å². The Morgan fingerprint density at radius 1 is 1.22 bits per heavy atom. The molecular formula is C18H18N4O4S. The highest BCUT2D eigenvalue weighted by atomic mass is 32.2. The first-order valence-corrected chi connectivity index (χ1v) is 9.24. The van der Waals surface area contributed by atoms with Crippen molar-refractivity contribution in [2.45, 2.75) is 19.1 Å². The summed E-state index contributed by atoms with van der Waals surface area (Å²) in [6.45, 7) is 4.18. The highest BCUT2D eigenvalue weighted by Gasteiger charge is 2.14. The van der Waals surface area contributed by atoms with E-state index in [2.05, 4.69) is 20.8 Å². The molecule has 0 saturated carbocycles. The molecule has 0 fully saturated rings. The molecule has 0 unspecified atom stereocenters. The number of hydrogen-bond acceptors (Lipinski definition) is 7. The van der Waals surface area contributed by atoms with Gasteiger partial charge in [0.05, 0.1) is 17.6 Å². The number of furan rings is 1. The van der Waals surface area contributed by atoms with Crippen LogP contribution in [-0.4, -0.2) is 34.3 Å². The Morgan fingerprint density at radius 2 is 2.07 bits per heavy atom. The number of carbonyl (C=O) groups excluding carboxylic acids is 2. The number of thioether (sulfide) groups is 1. The first-order valence-electron chi connectivity index (χ1n) is 8.25. The molecule has 27 heavy (non-hydrogen) atoms. The molecule has 0 atom stereocenters. The van der Waals surface area contributed by atoms with Crippen LogP contribution in [0.4, 0.5) is 5.69 Å². The molecule has 1 aromatic carbocycles. The van der Waals surface area contributed by atoms with Crippen LogP contribution in [0.2, 0.25) is 0 Å². The predicted octanol–water partition coefficient (Wildman–Crippen LogP) is 3.12. The Hall–Kier alpha value is -3.07. The van der Waals surface area contributed by atoms with Gasteiger partial charge in [-0.1, -0.05) is 17.8 Å². The van der Waals surface area contributed by atoms with Crippen LogP contribution in [0.5, 0.6) is 0 Å². The van der Waals surface area contributed by atoms with Gasteiger partial charge in [-0.3, -0.25) is 9.59 Å². The summed E-state index contributed by atoms with van der Waals surface area (Å²) in [5.74, 6) is 0.694. The van der Waals surface area contributed by atoms with Crippen LogP contribution in [0.1, 0.15) is 23.0 Å². The smallest absolute Gasteiger partial charge is 0.277 e. The van der Waals surface area contributed by atoms with E-state index in [-0.39, 0.29) is 22.8 Å². The van der Waals surface area contributed by atoms with Crippen molar-refractivity contribution >= 4 is 29.3 Å². The summed E-state index contributed by atoms with van der Waals surface area (Å²) in [6.07, 6.45) is 1.55. The topological polar surface area (TPSA) is 110 Å². The third kappa shape index (κ3) is 4.76. The fourth-order valence-electron chi connectivity index (χ4n) is 2.31. The molecule has 2 amide bonds. The van der Waals surface area contributed by atoms with Gasteiger partial charge in [0.2, 0.25) is 5.91 Å². The lowest BCUT2D eigenvalue weighted by atomic mass is 10.2. The molecule has 0 aliphatic heterocycles. The summed E-state index contributed by atoms with van der Waals surface area (Å²) in [5, 5.41) is 13.6. The number of amides is 2. The van der Waals surface area contributed by atoms with Gasteiger partial charge in [-0.2, -0.15) is 0 Å². The summed E-state index contributed by atoms with van der Waals surface area (Å²) in [7, 11) is 0. The zero-order valence-electron chi connectivity index (χ0n) is 14.8. The van der Waals surface area contributed by atoms with E-state index < -0.39 is 0 Å². The summed E-state index contributed by atoms with van der Waals surface area (Å²) in [4.78, 5) is 24.0. The molecule has 0 bridgehead atoms. The minimum absolute atomic E-state index is 0.0946. The minimum atomic E-state index is -0.243. The monoisotopic (exact) mass is 386 g/mol. The van der Waals surface area contributed by atoms with Crippen LogP contribution < -0.4 is 10.6 Å². The van der Waals surface area contributed by atoms with Crippen molar-refractivity contribution in [3.63, 3.8) is 0 Å². The van der Waals surface area contributed by atoms with Gasteiger partial charge in [-0.05, 0) is 38.1 Å².